The Hall–Kier alpha value is -1.02. The van der Waals surface area contributed by atoms with Gasteiger partial charge in [-0.25, -0.2) is 0 Å². The molecule has 2 nitrogen and oxygen atoms in total. The maximum absolute atomic E-state index is 3.54. The van der Waals surface area contributed by atoms with Crippen molar-refractivity contribution in [1.82, 2.24) is 5.32 Å². The minimum absolute atomic E-state index is 0.531. The zero-order chi connectivity index (χ0) is 14.5. The number of nitrogens with zero attached hydrogens (tertiary/aromatic N) is 1. The van der Waals surface area contributed by atoms with Crippen LogP contribution in [0.5, 0.6) is 0 Å². The molecule has 0 bridgehead atoms. The number of para-hydroxylation sites is 1. The Morgan fingerprint density at radius 3 is 2.45 bits per heavy atom. The summed E-state index contributed by atoms with van der Waals surface area (Å²) in [6.07, 6.45) is 5.43. The molecule has 20 heavy (non-hydrogen) atoms. The van der Waals surface area contributed by atoms with Gasteiger partial charge in [0.15, 0.2) is 0 Å². The third-order valence-corrected chi connectivity index (χ3v) is 4.61. The fourth-order valence-corrected chi connectivity index (χ4v) is 3.14. The number of nitrogens with one attached hydrogen (secondary N) is 1. The van der Waals surface area contributed by atoms with Crippen molar-refractivity contribution in [3.63, 3.8) is 0 Å². The maximum atomic E-state index is 3.54. The first-order valence-electron chi connectivity index (χ1n) is 8.12. The summed E-state index contributed by atoms with van der Waals surface area (Å²) in [7, 11) is 2.27. The van der Waals surface area contributed by atoms with E-state index in [1.165, 1.54) is 36.9 Å². The van der Waals surface area contributed by atoms with Crippen LogP contribution in [-0.4, -0.2) is 19.1 Å². The largest absolute Gasteiger partial charge is 0.371 e. The SMILES string of the molecule is CC1CCC(N(C)c2ccccc2CNC(C)C)CC1. The average Bonchev–Trinajstić information content (AvgIpc) is 2.45. The predicted molar refractivity (Wildman–Crippen MR) is 88.2 cm³/mol. The second kappa shape index (κ2) is 7.12. The van der Waals surface area contributed by atoms with Crippen LogP contribution in [0.3, 0.4) is 0 Å². The van der Waals surface area contributed by atoms with Gasteiger partial charge in [0, 0.05) is 31.4 Å². The van der Waals surface area contributed by atoms with Crippen molar-refractivity contribution in [2.75, 3.05) is 11.9 Å². The summed E-state index contributed by atoms with van der Waals surface area (Å²) in [5.74, 6) is 0.914. The molecular formula is C18H30N2. The molecule has 1 saturated carbocycles. The predicted octanol–water partition coefficient (Wildman–Crippen LogP) is 4.20. The number of benzene rings is 1. The van der Waals surface area contributed by atoms with Gasteiger partial charge in [0.25, 0.3) is 0 Å². The third kappa shape index (κ3) is 3.99. The van der Waals surface area contributed by atoms with E-state index < -0.39 is 0 Å². The Labute approximate surface area is 124 Å². The summed E-state index contributed by atoms with van der Waals surface area (Å²) in [6, 6.07) is 10.1. The highest BCUT2D eigenvalue weighted by molar-refractivity contribution is 5.53. The number of hydrogen-bond acceptors (Lipinski definition) is 2. The van der Waals surface area contributed by atoms with Gasteiger partial charge in [-0.3, -0.25) is 0 Å². The van der Waals surface area contributed by atoms with Crippen LogP contribution in [0.25, 0.3) is 0 Å². The normalized spacial score (nSPS) is 23.1. The number of anilines is 1. The molecule has 0 radical (unpaired) electrons. The van der Waals surface area contributed by atoms with E-state index in [2.05, 4.69) is 62.3 Å². The van der Waals surface area contributed by atoms with Gasteiger partial charge in [-0.2, -0.15) is 0 Å². The minimum atomic E-state index is 0.531. The molecule has 0 unspecified atom stereocenters. The zero-order valence-electron chi connectivity index (χ0n) is 13.5. The summed E-state index contributed by atoms with van der Waals surface area (Å²) in [6.45, 7) is 7.75. The van der Waals surface area contributed by atoms with E-state index >= 15 is 0 Å². The van der Waals surface area contributed by atoms with Crippen LogP contribution >= 0.6 is 0 Å². The summed E-state index contributed by atoms with van der Waals surface area (Å²) in [4.78, 5) is 2.52. The van der Waals surface area contributed by atoms with Gasteiger partial charge >= 0.3 is 0 Å². The van der Waals surface area contributed by atoms with E-state index in [-0.39, 0.29) is 0 Å². The molecule has 2 rings (SSSR count). The lowest BCUT2D eigenvalue weighted by Gasteiger charge is -2.36. The van der Waals surface area contributed by atoms with Crippen molar-refractivity contribution in [3.8, 4) is 0 Å². The Morgan fingerprint density at radius 1 is 1.15 bits per heavy atom. The van der Waals surface area contributed by atoms with Gasteiger partial charge in [0.05, 0.1) is 0 Å². The first-order valence-corrected chi connectivity index (χ1v) is 8.12. The van der Waals surface area contributed by atoms with Crippen LogP contribution in [-0.2, 0) is 6.54 Å². The summed E-state index contributed by atoms with van der Waals surface area (Å²) >= 11 is 0. The van der Waals surface area contributed by atoms with Crippen LogP contribution in [0.2, 0.25) is 0 Å². The molecule has 0 amide bonds. The number of rotatable bonds is 5. The lowest BCUT2D eigenvalue weighted by atomic mass is 9.86. The summed E-state index contributed by atoms with van der Waals surface area (Å²) < 4.78 is 0. The van der Waals surface area contributed by atoms with Crippen molar-refractivity contribution >= 4 is 5.69 Å². The van der Waals surface area contributed by atoms with Gasteiger partial charge in [0.1, 0.15) is 0 Å². The van der Waals surface area contributed by atoms with Gasteiger partial charge in [-0.1, -0.05) is 39.0 Å². The maximum Gasteiger partial charge on any atom is 0.0411 e. The fourth-order valence-electron chi connectivity index (χ4n) is 3.14. The van der Waals surface area contributed by atoms with E-state index in [1.807, 2.05) is 0 Å². The van der Waals surface area contributed by atoms with E-state index in [0.29, 0.717) is 12.1 Å². The molecule has 112 valence electrons. The quantitative estimate of drug-likeness (QED) is 0.865. The molecule has 0 spiro atoms. The standard InChI is InChI=1S/C18H30N2/c1-14(2)19-13-16-7-5-6-8-18(16)20(4)17-11-9-15(3)10-12-17/h5-8,14-15,17,19H,9-13H2,1-4H3. The van der Waals surface area contributed by atoms with E-state index in [0.717, 1.165) is 12.5 Å². The van der Waals surface area contributed by atoms with Crippen LogP contribution < -0.4 is 10.2 Å². The van der Waals surface area contributed by atoms with Crippen LogP contribution in [0.15, 0.2) is 24.3 Å². The van der Waals surface area contributed by atoms with E-state index in [4.69, 9.17) is 0 Å². The van der Waals surface area contributed by atoms with Crippen LogP contribution in [0, 0.1) is 5.92 Å². The van der Waals surface area contributed by atoms with Crippen LogP contribution in [0.4, 0.5) is 5.69 Å². The molecule has 1 fully saturated rings. The zero-order valence-corrected chi connectivity index (χ0v) is 13.5. The highest BCUT2D eigenvalue weighted by atomic mass is 15.1. The minimum Gasteiger partial charge on any atom is -0.371 e. The first kappa shape index (κ1) is 15.4. The Morgan fingerprint density at radius 2 is 1.80 bits per heavy atom. The van der Waals surface area contributed by atoms with Gasteiger partial charge in [-0.05, 0) is 43.2 Å². The molecule has 1 aromatic rings. The fraction of sp³-hybridized carbons (Fsp3) is 0.667. The van der Waals surface area contributed by atoms with Gasteiger partial charge < -0.3 is 10.2 Å². The molecule has 1 aliphatic rings. The number of hydrogen-bond donors (Lipinski definition) is 1. The van der Waals surface area contributed by atoms with Crippen molar-refractivity contribution in [2.45, 2.75) is 65.1 Å². The Balaban J connectivity index is 2.06. The molecule has 2 heteroatoms. The highest BCUT2D eigenvalue weighted by Gasteiger charge is 2.22. The lowest BCUT2D eigenvalue weighted by Crippen LogP contribution is -2.35. The smallest absolute Gasteiger partial charge is 0.0411 e. The van der Waals surface area contributed by atoms with Gasteiger partial charge in [-0.15, -0.1) is 0 Å². The molecule has 1 N–H and O–H groups in total. The summed E-state index contributed by atoms with van der Waals surface area (Å²) in [5, 5.41) is 3.54. The van der Waals surface area contributed by atoms with Crippen molar-refractivity contribution in [2.24, 2.45) is 5.92 Å². The Kier molecular flexibility index (Phi) is 5.47. The first-order chi connectivity index (χ1) is 9.58. The molecular weight excluding hydrogens is 244 g/mol. The van der Waals surface area contributed by atoms with E-state index in [9.17, 15) is 0 Å². The van der Waals surface area contributed by atoms with Crippen LogP contribution in [0.1, 0.15) is 52.0 Å². The topological polar surface area (TPSA) is 15.3 Å². The highest BCUT2D eigenvalue weighted by Crippen LogP contribution is 2.30. The molecule has 1 aliphatic carbocycles. The monoisotopic (exact) mass is 274 g/mol. The third-order valence-electron chi connectivity index (χ3n) is 4.61. The Bertz CT molecular complexity index is 406. The molecule has 0 aliphatic heterocycles. The van der Waals surface area contributed by atoms with Crippen molar-refractivity contribution in [1.29, 1.82) is 0 Å². The second-order valence-corrected chi connectivity index (χ2v) is 6.69. The molecule has 0 aromatic heterocycles. The molecule has 0 heterocycles. The molecule has 1 aromatic carbocycles. The van der Waals surface area contributed by atoms with Gasteiger partial charge in [0.2, 0.25) is 0 Å². The second-order valence-electron chi connectivity index (χ2n) is 6.69. The van der Waals surface area contributed by atoms with Crippen molar-refractivity contribution < 1.29 is 0 Å². The molecule has 0 saturated heterocycles. The van der Waals surface area contributed by atoms with E-state index in [1.54, 1.807) is 0 Å². The lowest BCUT2D eigenvalue weighted by molar-refractivity contribution is 0.340. The summed E-state index contributed by atoms with van der Waals surface area (Å²) in [5.41, 5.74) is 2.82. The molecule has 0 atom stereocenters. The van der Waals surface area contributed by atoms with Crippen molar-refractivity contribution in [3.05, 3.63) is 29.8 Å². The average molecular weight is 274 g/mol.